The minimum Gasteiger partial charge on any atom is -0.493 e. The topological polar surface area (TPSA) is 50.7 Å². The summed E-state index contributed by atoms with van der Waals surface area (Å²) in [5.41, 5.74) is 1.76. The second kappa shape index (κ2) is 7.99. The maximum atomic E-state index is 9.38. The quantitative estimate of drug-likeness (QED) is 0.786. The van der Waals surface area contributed by atoms with E-state index in [1.54, 1.807) is 7.11 Å². The van der Waals surface area contributed by atoms with Crippen LogP contribution in [0, 0.1) is 0 Å². The molecule has 0 saturated carbocycles. The van der Waals surface area contributed by atoms with Gasteiger partial charge in [-0.2, -0.15) is 0 Å². The lowest BCUT2D eigenvalue weighted by atomic mass is 10.1. The van der Waals surface area contributed by atoms with Crippen LogP contribution in [0.4, 0.5) is 0 Å². The monoisotopic (exact) mass is 315 g/mol. The lowest BCUT2D eigenvalue weighted by Gasteiger charge is -2.24. The molecular formula is C19H25NO3. The highest BCUT2D eigenvalue weighted by Crippen LogP contribution is 2.32. The molecule has 4 nitrogen and oxygen atoms in total. The van der Waals surface area contributed by atoms with Crippen molar-refractivity contribution in [2.45, 2.75) is 32.5 Å². The molecule has 0 spiro atoms. The number of nitrogens with one attached hydrogen (secondary N) is 1. The van der Waals surface area contributed by atoms with Gasteiger partial charge in [0.2, 0.25) is 0 Å². The predicted molar refractivity (Wildman–Crippen MR) is 91.8 cm³/mol. The highest BCUT2D eigenvalue weighted by atomic mass is 16.5. The van der Waals surface area contributed by atoms with Crippen molar-refractivity contribution in [1.82, 2.24) is 5.32 Å². The van der Waals surface area contributed by atoms with Crippen LogP contribution in [-0.4, -0.2) is 24.4 Å². The third-order valence-electron chi connectivity index (χ3n) is 3.66. The molecule has 0 bridgehead atoms. The van der Waals surface area contributed by atoms with Crippen molar-refractivity contribution in [3.05, 3.63) is 59.7 Å². The van der Waals surface area contributed by atoms with E-state index < -0.39 is 0 Å². The summed E-state index contributed by atoms with van der Waals surface area (Å²) in [6.07, 6.45) is 0. The Bertz CT molecular complexity index is 611. The Kier molecular flexibility index (Phi) is 6.02. The molecule has 4 heteroatoms. The van der Waals surface area contributed by atoms with Gasteiger partial charge in [-0.3, -0.25) is 0 Å². The van der Waals surface area contributed by atoms with Gasteiger partial charge in [0.15, 0.2) is 11.5 Å². The van der Waals surface area contributed by atoms with E-state index in [1.165, 1.54) is 0 Å². The van der Waals surface area contributed by atoms with E-state index in [1.807, 2.05) is 62.4 Å². The molecule has 2 N–H and O–H groups in total. The average molecular weight is 315 g/mol. The van der Waals surface area contributed by atoms with Gasteiger partial charge in [-0.25, -0.2) is 0 Å². The second-order valence-corrected chi connectivity index (χ2v) is 6.12. The van der Waals surface area contributed by atoms with E-state index in [-0.39, 0.29) is 12.1 Å². The van der Waals surface area contributed by atoms with E-state index in [0.717, 1.165) is 16.9 Å². The lowest BCUT2D eigenvalue weighted by molar-refractivity contribution is 0.186. The zero-order valence-electron chi connectivity index (χ0n) is 14.0. The third-order valence-corrected chi connectivity index (χ3v) is 3.66. The van der Waals surface area contributed by atoms with Gasteiger partial charge in [-0.15, -0.1) is 0 Å². The average Bonchev–Trinajstić information content (AvgIpc) is 2.59. The Balaban J connectivity index is 2.15. The van der Waals surface area contributed by atoms with Gasteiger partial charge in [0.1, 0.15) is 6.61 Å². The molecule has 2 aromatic carbocycles. The second-order valence-electron chi connectivity index (χ2n) is 6.12. The number of aliphatic hydroxyl groups excluding tert-OH is 1. The molecule has 0 aromatic heterocycles. The van der Waals surface area contributed by atoms with Gasteiger partial charge in [0.25, 0.3) is 0 Å². The van der Waals surface area contributed by atoms with Crippen LogP contribution in [0.5, 0.6) is 11.5 Å². The van der Waals surface area contributed by atoms with Gasteiger partial charge < -0.3 is 19.9 Å². The van der Waals surface area contributed by atoms with Gasteiger partial charge in [-0.1, -0.05) is 42.5 Å². The Morgan fingerprint density at radius 2 is 1.78 bits per heavy atom. The van der Waals surface area contributed by atoms with Crippen LogP contribution in [0.1, 0.15) is 25.0 Å². The van der Waals surface area contributed by atoms with Crippen LogP contribution >= 0.6 is 0 Å². The van der Waals surface area contributed by atoms with Crippen LogP contribution in [0.25, 0.3) is 0 Å². The fraction of sp³-hybridized carbons (Fsp3) is 0.368. The smallest absolute Gasteiger partial charge is 0.166 e. The Hall–Kier alpha value is -2.04. The van der Waals surface area contributed by atoms with Crippen LogP contribution in [0.15, 0.2) is 48.5 Å². The summed E-state index contributed by atoms with van der Waals surface area (Å²) < 4.78 is 11.4. The molecule has 0 unspecified atom stereocenters. The van der Waals surface area contributed by atoms with Crippen molar-refractivity contribution in [1.29, 1.82) is 0 Å². The van der Waals surface area contributed by atoms with Gasteiger partial charge >= 0.3 is 0 Å². The van der Waals surface area contributed by atoms with Crippen LogP contribution in [0.2, 0.25) is 0 Å². The van der Waals surface area contributed by atoms with Crippen molar-refractivity contribution in [2.75, 3.05) is 13.7 Å². The first-order valence-corrected chi connectivity index (χ1v) is 7.74. The number of aliphatic hydroxyl groups is 1. The molecular weight excluding hydrogens is 290 g/mol. The number of hydrogen-bond donors (Lipinski definition) is 2. The molecule has 0 saturated heterocycles. The summed E-state index contributed by atoms with van der Waals surface area (Å²) in [6.45, 7) is 5.05. The van der Waals surface area contributed by atoms with Crippen LogP contribution in [0.3, 0.4) is 0 Å². The van der Waals surface area contributed by atoms with Crippen molar-refractivity contribution >= 4 is 0 Å². The highest BCUT2D eigenvalue weighted by Gasteiger charge is 2.17. The zero-order valence-corrected chi connectivity index (χ0v) is 14.0. The minimum absolute atomic E-state index is 0.0666. The van der Waals surface area contributed by atoms with Gasteiger partial charge in [-0.05, 0) is 25.5 Å². The highest BCUT2D eigenvalue weighted by molar-refractivity contribution is 5.46. The molecule has 2 rings (SSSR count). The van der Waals surface area contributed by atoms with E-state index in [0.29, 0.717) is 18.9 Å². The predicted octanol–water partition coefficient (Wildman–Crippen LogP) is 3.13. The fourth-order valence-electron chi connectivity index (χ4n) is 2.15. The maximum absolute atomic E-state index is 9.38. The molecule has 0 aliphatic heterocycles. The van der Waals surface area contributed by atoms with Crippen molar-refractivity contribution in [2.24, 2.45) is 0 Å². The van der Waals surface area contributed by atoms with Gasteiger partial charge in [0.05, 0.1) is 13.7 Å². The molecule has 0 aliphatic carbocycles. The Morgan fingerprint density at radius 3 is 2.43 bits per heavy atom. The lowest BCUT2D eigenvalue weighted by Crippen LogP contribution is -2.42. The molecule has 124 valence electrons. The maximum Gasteiger partial charge on any atom is 0.166 e. The molecule has 0 radical (unpaired) electrons. The Morgan fingerprint density at radius 1 is 1.04 bits per heavy atom. The molecule has 0 amide bonds. The van der Waals surface area contributed by atoms with E-state index >= 15 is 0 Å². The summed E-state index contributed by atoms with van der Waals surface area (Å²) >= 11 is 0. The SMILES string of the molecule is COc1cccc(CNC(C)(C)CO)c1OCc1ccccc1. The number of methoxy groups -OCH3 is 1. The molecule has 23 heavy (non-hydrogen) atoms. The van der Waals surface area contributed by atoms with Crippen LogP contribution < -0.4 is 14.8 Å². The molecule has 0 aliphatic rings. The minimum atomic E-state index is -0.347. The van der Waals surface area contributed by atoms with E-state index in [9.17, 15) is 5.11 Å². The first-order chi connectivity index (χ1) is 11.1. The molecule has 0 heterocycles. The normalized spacial score (nSPS) is 11.3. The summed E-state index contributed by atoms with van der Waals surface area (Å²) in [6, 6.07) is 15.9. The standard InChI is InChI=1S/C19H25NO3/c1-19(2,14-21)20-12-16-10-7-11-17(22-3)18(16)23-13-15-8-5-4-6-9-15/h4-11,20-21H,12-14H2,1-3H3. The first kappa shape index (κ1) is 17.3. The zero-order chi connectivity index (χ0) is 16.7. The molecule has 0 atom stereocenters. The van der Waals surface area contributed by atoms with Crippen molar-refractivity contribution in [3.8, 4) is 11.5 Å². The fourth-order valence-corrected chi connectivity index (χ4v) is 2.15. The summed E-state index contributed by atoms with van der Waals surface area (Å²) in [7, 11) is 1.64. The van der Waals surface area contributed by atoms with Crippen molar-refractivity contribution in [3.63, 3.8) is 0 Å². The third kappa shape index (κ3) is 4.98. The van der Waals surface area contributed by atoms with E-state index in [2.05, 4.69) is 5.32 Å². The van der Waals surface area contributed by atoms with Crippen molar-refractivity contribution < 1.29 is 14.6 Å². The number of para-hydroxylation sites is 1. The Labute approximate surface area is 138 Å². The van der Waals surface area contributed by atoms with Crippen LogP contribution in [-0.2, 0) is 13.2 Å². The molecule has 0 fully saturated rings. The largest absolute Gasteiger partial charge is 0.493 e. The van der Waals surface area contributed by atoms with E-state index in [4.69, 9.17) is 9.47 Å². The number of benzene rings is 2. The summed E-state index contributed by atoms with van der Waals surface area (Å²) in [5.74, 6) is 1.45. The number of hydrogen-bond acceptors (Lipinski definition) is 4. The summed E-state index contributed by atoms with van der Waals surface area (Å²) in [4.78, 5) is 0. The number of rotatable bonds is 8. The summed E-state index contributed by atoms with van der Waals surface area (Å²) in [5, 5.41) is 12.7. The first-order valence-electron chi connectivity index (χ1n) is 7.74. The number of ether oxygens (including phenoxy) is 2. The van der Waals surface area contributed by atoms with Gasteiger partial charge in [0, 0.05) is 17.6 Å². The molecule has 2 aromatic rings.